The topological polar surface area (TPSA) is 43.4 Å². The second-order valence-electron chi connectivity index (χ2n) is 4.30. The molecule has 1 aromatic rings. The number of hydrogen-bond donors (Lipinski definition) is 0. The minimum Gasteiger partial charge on any atom is -0.392 e. The molecule has 3 rings (SSSR count). The van der Waals surface area contributed by atoms with Crippen LogP contribution in [0.1, 0.15) is 17.5 Å². The van der Waals surface area contributed by atoms with Crippen molar-refractivity contribution in [2.45, 2.75) is 18.8 Å². The van der Waals surface area contributed by atoms with Crippen LogP contribution in [0.2, 0.25) is 0 Å². The molecule has 76 valence electrons. The van der Waals surface area contributed by atoms with Crippen LogP contribution in [0.15, 0.2) is 24.3 Å². The molecule has 1 saturated heterocycles. The Balaban J connectivity index is 2.06. The van der Waals surface area contributed by atoms with Crippen LogP contribution in [0.25, 0.3) is 0 Å². The van der Waals surface area contributed by atoms with Crippen molar-refractivity contribution >= 4 is 11.9 Å². The maximum Gasteiger partial charge on any atom is 0.325 e. The molecule has 3 nitrogen and oxygen atoms in total. The lowest BCUT2D eigenvalue weighted by atomic mass is 9.94. The van der Waals surface area contributed by atoms with E-state index in [-0.39, 0.29) is 17.9 Å². The fourth-order valence-electron chi connectivity index (χ4n) is 2.31. The Morgan fingerprint density at radius 3 is 2.40 bits per heavy atom. The Morgan fingerprint density at radius 1 is 1.27 bits per heavy atom. The summed E-state index contributed by atoms with van der Waals surface area (Å²) < 4.78 is 4.63. The van der Waals surface area contributed by atoms with Gasteiger partial charge in [-0.05, 0) is 18.9 Å². The molecule has 0 N–H and O–H groups in total. The summed E-state index contributed by atoms with van der Waals surface area (Å²) in [4.78, 5) is 22.8. The van der Waals surface area contributed by atoms with Gasteiger partial charge in [-0.25, -0.2) is 0 Å². The zero-order chi connectivity index (χ0) is 10.6. The highest BCUT2D eigenvalue weighted by molar-refractivity contribution is 6.07. The maximum atomic E-state index is 11.6. The molecule has 0 radical (unpaired) electrons. The Kier molecular flexibility index (Phi) is 1.43. The Bertz CT molecular complexity index is 460. The third-order valence-corrected chi connectivity index (χ3v) is 3.37. The van der Waals surface area contributed by atoms with Crippen molar-refractivity contribution < 1.29 is 14.3 Å². The van der Waals surface area contributed by atoms with Crippen LogP contribution in [0, 0.1) is 12.8 Å². The molecule has 0 bridgehead atoms. The first kappa shape index (κ1) is 8.65. The van der Waals surface area contributed by atoms with E-state index in [4.69, 9.17) is 0 Å². The zero-order valence-electron chi connectivity index (χ0n) is 8.32. The molecule has 0 aromatic heterocycles. The maximum absolute atomic E-state index is 11.6. The summed E-state index contributed by atoms with van der Waals surface area (Å²) in [5, 5.41) is 0. The van der Waals surface area contributed by atoms with Gasteiger partial charge in [-0.15, -0.1) is 0 Å². The first-order valence-corrected chi connectivity index (χ1v) is 4.98. The van der Waals surface area contributed by atoms with E-state index in [9.17, 15) is 9.59 Å². The van der Waals surface area contributed by atoms with Crippen LogP contribution in [0.4, 0.5) is 0 Å². The number of rotatable bonds is 1. The molecule has 2 fully saturated rings. The van der Waals surface area contributed by atoms with E-state index in [2.05, 4.69) is 4.74 Å². The molecule has 0 spiro atoms. The van der Waals surface area contributed by atoms with Gasteiger partial charge >= 0.3 is 11.9 Å². The number of esters is 2. The van der Waals surface area contributed by atoms with Crippen LogP contribution in [0.5, 0.6) is 0 Å². The average Bonchev–Trinajstić information content (AvgIpc) is 2.90. The number of carbonyl (C=O) groups excluding carboxylic acids is 2. The number of cyclic esters (lactones) is 2. The largest absolute Gasteiger partial charge is 0.392 e. The van der Waals surface area contributed by atoms with Crippen LogP contribution in [-0.4, -0.2) is 11.9 Å². The number of carbonyl (C=O) groups is 2. The molecule has 1 aromatic carbocycles. The van der Waals surface area contributed by atoms with Gasteiger partial charge < -0.3 is 4.74 Å². The van der Waals surface area contributed by atoms with Crippen LogP contribution in [0.3, 0.4) is 0 Å². The van der Waals surface area contributed by atoms with Gasteiger partial charge in [0, 0.05) is 0 Å². The number of hydrogen-bond acceptors (Lipinski definition) is 3. The van der Waals surface area contributed by atoms with Gasteiger partial charge in [0.25, 0.3) is 0 Å². The summed E-state index contributed by atoms with van der Waals surface area (Å²) in [5.41, 5.74) is 1.42. The number of fused-ring (bicyclic) bond motifs is 1. The lowest BCUT2D eigenvalue weighted by molar-refractivity contribution is -0.155. The highest BCUT2D eigenvalue weighted by Gasteiger charge is 2.71. The highest BCUT2D eigenvalue weighted by Crippen LogP contribution is 2.59. The summed E-state index contributed by atoms with van der Waals surface area (Å²) in [7, 11) is 0. The molecule has 2 atom stereocenters. The second kappa shape index (κ2) is 2.48. The van der Waals surface area contributed by atoms with E-state index in [1.165, 1.54) is 0 Å². The van der Waals surface area contributed by atoms with Crippen molar-refractivity contribution in [1.82, 2.24) is 0 Å². The van der Waals surface area contributed by atoms with Crippen molar-refractivity contribution in [2.75, 3.05) is 0 Å². The van der Waals surface area contributed by atoms with Gasteiger partial charge in [-0.2, -0.15) is 0 Å². The highest BCUT2D eigenvalue weighted by atomic mass is 16.6. The van der Waals surface area contributed by atoms with E-state index in [1.807, 2.05) is 31.2 Å². The molecule has 1 aliphatic carbocycles. The van der Waals surface area contributed by atoms with Crippen molar-refractivity contribution in [3.8, 4) is 0 Å². The standard InChI is InChI=1S/C12H10O3/c1-7-2-4-8(5-3-7)12-6-9(12)10(13)15-11(12)14/h2-5,9H,6H2,1H3. The SMILES string of the molecule is Cc1ccc(C23CC2C(=O)OC3=O)cc1. The lowest BCUT2D eigenvalue weighted by Crippen LogP contribution is -2.18. The molecule has 0 amide bonds. The van der Waals surface area contributed by atoms with E-state index in [1.54, 1.807) is 0 Å². The van der Waals surface area contributed by atoms with Gasteiger partial charge in [-0.3, -0.25) is 9.59 Å². The average molecular weight is 202 g/mol. The molecular formula is C12H10O3. The first-order valence-electron chi connectivity index (χ1n) is 4.98. The van der Waals surface area contributed by atoms with Gasteiger partial charge in [0.15, 0.2) is 0 Å². The van der Waals surface area contributed by atoms with Gasteiger partial charge in [0.05, 0.1) is 5.92 Å². The zero-order valence-corrected chi connectivity index (χ0v) is 8.32. The molecule has 2 unspecified atom stereocenters. The minimum absolute atomic E-state index is 0.229. The second-order valence-corrected chi connectivity index (χ2v) is 4.30. The Morgan fingerprint density at radius 2 is 1.93 bits per heavy atom. The quantitative estimate of drug-likeness (QED) is 0.509. The molecule has 1 heterocycles. The van der Waals surface area contributed by atoms with Crippen LogP contribution >= 0.6 is 0 Å². The number of aryl methyl sites for hydroxylation is 1. The predicted octanol–water partition coefficient (Wildman–Crippen LogP) is 1.34. The van der Waals surface area contributed by atoms with E-state index in [0.29, 0.717) is 6.42 Å². The van der Waals surface area contributed by atoms with E-state index in [0.717, 1.165) is 11.1 Å². The molecular weight excluding hydrogens is 192 g/mol. The minimum atomic E-state index is -0.634. The van der Waals surface area contributed by atoms with E-state index < -0.39 is 5.41 Å². The molecule has 1 aliphatic heterocycles. The van der Waals surface area contributed by atoms with Crippen molar-refractivity contribution in [2.24, 2.45) is 5.92 Å². The molecule has 3 heteroatoms. The molecule has 1 saturated carbocycles. The third-order valence-electron chi connectivity index (χ3n) is 3.37. The predicted molar refractivity (Wildman–Crippen MR) is 52.1 cm³/mol. The fourth-order valence-corrected chi connectivity index (χ4v) is 2.31. The summed E-state index contributed by atoms with van der Waals surface area (Å²) >= 11 is 0. The van der Waals surface area contributed by atoms with Gasteiger partial charge in [-0.1, -0.05) is 29.8 Å². The molecule has 2 aliphatic rings. The van der Waals surface area contributed by atoms with Crippen LogP contribution in [-0.2, 0) is 19.7 Å². The monoisotopic (exact) mass is 202 g/mol. The fraction of sp³-hybridized carbons (Fsp3) is 0.333. The first-order chi connectivity index (χ1) is 7.14. The van der Waals surface area contributed by atoms with Gasteiger partial charge in [0.1, 0.15) is 5.41 Å². The molecule has 15 heavy (non-hydrogen) atoms. The Labute approximate surface area is 87.0 Å². The van der Waals surface area contributed by atoms with Crippen molar-refractivity contribution in [1.29, 1.82) is 0 Å². The summed E-state index contributed by atoms with van der Waals surface area (Å²) in [5.74, 6) is -0.963. The van der Waals surface area contributed by atoms with Gasteiger partial charge in [0.2, 0.25) is 0 Å². The van der Waals surface area contributed by atoms with E-state index >= 15 is 0 Å². The third kappa shape index (κ3) is 0.950. The van der Waals surface area contributed by atoms with Crippen molar-refractivity contribution in [3.05, 3.63) is 35.4 Å². The summed E-state index contributed by atoms with van der Waals surface area (Å²) in [6, 6.07) is 7.73. The smallest absolute Gasteiger partial charge is 0.325 e. The Hall–Kier alpha value is -1.64. The summed E-state index contributed by atoms with van der Waals surface area (Å²) in [6.07, 6.45) is 0.619. The lowest BCUT2D eigenvalue weighted by Gasteiger charge is -2.08. The number of ether oxygens (including phenoxy) is 1. The number of benzene rings is 1. The van der Waals surface area contributed by atoms with Crippen molar-refractivity contribution in [3.63, 3.8) is 0 Å². The van der Waals surface area contributed by atoms with Crippen LogP contribution < -0.4 is 0 Å². The normalized spacial score (nSPS) is 32.5. The summed E-state index contributed by atoms with van der Waals surface area (Å²) in [6.45, 7) is 1.99.